The summed E-state index contributed by atoms with van der Waals surface area (Å²) in [4.78, 5) is 29.4. The summed E-state index contributed by atoms with van der Waals surface area (Å²) >= 11 is 0. The van der Waals surface area contributed by atoms with E-state index in [-0.39, 0.29) is 17.5 Å². The number of aromatic nitrogens is 2. The van der Waals surface area contributed by atoms with Crippen LogP contribution < -0.4 is 10.9 Å². The summed E-state index contributed by atoms with van der Waals surface area (Å²) in [6, 6.07) is 8.15. The van der Waals surface area contributed by atoms with Gasteiger partial charge in [-0.15, -0.1) is 0 Å². The van der Waals surface area contributed by atoms with Gasteiger partial charge in [0.2, 0.25) is 0 Å². The molecule has 0 spiro atoms. The molecule has 7 heteroatoms. The number of carbonyl (C=O) groups excluding carboxylic acids is 1. The predicted molar refractivity (Wildman–Crippen MR) is 131 cm³/mol. The third kappa shape index (κ3) is 4.32. The fourth-order valence-corrected chi connectivity index (χ4v) is 5.53. The molecule has 0 atom stereocenters. The monoisotopic (exact) mass is 450 g/mol. The zero-order chi connectivity index (χ0) is 22.8. The highest BCUT2D eigenvalue weighted by molar-refractivity contribution is 6.17. The average molecular weight is 451 g/mol. The maximum Gasteiger partial charge on any atom is 0.275 e. The van der Waals surface area contributed by atoms with E-state index in [2.05, 4.69) is 10.2 Å². The highest BCUT2D eigenvalue weighted by Gasteiger charge is 2.24. The Bertz CT molecular complexity index is 1200. The van der Waals surface area contributed by atoms with Gasteiger partial charge in [-0.2, -0.15) is 0 Å². The molecule has 1 saturated heterocycles. The summed E-state index contributed by atoms with van der Waals surface area (Å²) in [7, 11) is 1.93. The molecular formula is C26H34N4O3. The SMILES string of the molecule is Cn1c2ccccc2c2c(C(=O)NCCCN3CCOCC3)cn(C3CCCCC3)c(=O)c21. The number of amides is 1. The number of rotatable bonds is 6. The Morgan fingerprint density at radius 2 is 1.88 bits per heavy atom. The van der Waals surface area contributed by atoms with Crippen LogP contribution in [-0.4, -0.2) is 59.3 Å². The van der Waals surface area contributed by atoms with Gasteiger partial charge in [0.05, 0.1) is 18.8 Å². The van der Waals surface area contributed by atoms with Crippen molar-refractivity contribution in [2.24, 2.45) is 7.05 Å². The molecule has 7 nitrogen and oxygen atoms in total. The summed E-state index contributed by atoms with van der Waals surface area (Å²) in [6.07, 6.45) is 8.21. The third-order valence-corrected chi connectivity index (χ3v) is 7.33. The lowest BCUT2D eigenvalue weighted by Gasteiger charge is -2.26. The number of ether oxygens (including phenoxy) is 1. The van der Waals surface area contributed by atoms with Gasteiger partial charge < -0.3 is 19.2 Å². The lowest BCUT2D eigenvalue weighted by Crippen LogP contribution is -2.38. The molecule has 1 amide bonds. The van der Waals surface area contributed by atoms with E-state index in [0.717, 1.165) is 81.2 Å². The second-order valence-electron chi connectivity index (χ2n) is 9.41. The number of carbonyl (C=O) groups is 1. The van der Waals surface area contributed by atoms with Crippen LogP contribution in [0.4, 0.5) is 0 Å². The first-order valence-corrected chi connectivity index (χ1v) is 12.4. The van der Waals surface area contributed by atoms with Crippen molar-refractivity contribution < 1.29 is 9.53 Å². The average Bonchev–Trinajstić information content (AvgIpc) is 3.16. The second kappa shape index (κ2) is 9.69. The molecular weight excluding hydrogens is 416 g/mol. The number of fused-ring (bicyclic) bond motifs is 3. The summed E-state index contributed by atoms with van der Waals surface area (Å²) in [5.74, 6) is -0.0945. The fraction of sp³-hybridized carbons (Fsp3) is 0.538. The van der Waals surface area contributed by atoms with Crippen molar-refractivity contribution in [2.75, 3.05) is 39.4 Å². The number of pyridine rings is 1. The van der Waals surface area contributed by atoms with Crippen LogP contribution in [0, 0.1) is 0 Å². The standard InChI is InChI=1S/C26H34N4O3/c1-28-22-11-6-5-10-20(22)23-21(25(31)27-12-7-13-29-14-16-33-17-15-29)18-30(26(32)24(23)28)19-8-3-2-4-9-19/h5-6,10-11,18-19H,2-4,7-9,12-17H2,1H3,(H,27,31). The van der Waals surface area contributed by atoms with Crippen LogP contribution in [0.25, 0.3) is 21.8 Å². The predicted octanol–water partition coefficient (Wildman–Crippen LogP) is 3.45. The zero-order valence-electron chi connectivity index (χ0n) is 19.5. The molecule has 5 rings (SSSR count). The Hall–Kier alpha value is -2.64. The number of aryl methyl sites for hydroxylation is 1. The largest absolute Gasteiger partial charge is 0.379 e. The molecule has 0 radical (unpaired) electrons. The smallest absolute Gasteiger partial charge is 0.275 e. The van der Waals surface area contributed by atoms with Crippen LogP contribution >= 0.6 is 0 Å². The summed E-state index contributed by atoms with van der Waals surface area (Å²) in [5.41, 5.74) is 2.23. The van der Waals surface area contributed by atoms with E-state index in [1.54, 1.807) is 0 Å². The molecule has 1 aliphatic carbocycles. The van der Waals surface area contributed by atoms with E-state index < -0.39 is 0 Å². The minimum absolute atomic E-state index is 0.0134. The Balaban J connectivity index is 1.48. The topological polar surface area (TPSA) is 68.5 Å². The van der Waals surface area contributed by atoms with Crippen LogP contribution in [0.1, 0.15) is 54.9 Å². The van der Waals surface area contributed by atoms with E-state index in [0.29, 0.717) is 17.6 Å². The maximum atomic E-state index is 13.6. The van der Waals surface area contributed by atoms with E-state index in [1.165, 1.54) is 6.42 Å². The van der Waals surface area contributed by atoms with Crippen molar-refractivity contribution >= 4 is 27.7 Å². The van der Waals surface area contributed by atoms with Crippen LogP contribution in [0.5, 0.6) is 0 Å². The highest BCUT2D eigenvalue weighted by atomic mass is 16.5. The Labute approximate surface area is 194 Å². The number of morpholine rings is 1. The maximum absolute atomic E-state index is 13.6. The Morgan fingerprint density at radius 1 is 1.12 bits per heavy atom. The van der Waals surface area contributed by atoms with E-state index >= 15 is 0 Å². The van der Waals surface area contributed by atoms with Gasteiger partial charge in [0, 0.05) is 55.2 Å². The Morgan fingerprint density at radius 3 is 2.67 bits per heavy atom. The lowest BCUT2D eigenvalue weighted by molar-refractivity contribution is 0.0374. The number of para-hydroxylation sites is 1. The van der Waals surface area contributed by atoms with Gasteiger partial charge >= 0.3 is 0 Å². The summed E-state index contributed by atoms with van der Waals surface area (Å²) < 4.78 is 9.22. The number of hydrogen-bond donors (Lipinski definition) is 1. The zero-order valence-corrected chi connectivity index (χ0v) is 19.5. The molecule has 3 heterocycles. The molecule has 1 saturated carbocycles. The molecule has 1 aromatic carbocycles. The minimum atomic E-state index is -0.0945. The van der Waals surface area contributed by atoms with Gasteiger partial charge in [0.1, 0.15) is 5.52 Å². The number of benzene rings is 1. The molecule has 33 heavy (non-hydrogen) atoms. The minimum Gasteiger partial charge on any atom is -0.379 e. The summed E-state index contributed by atoms with van der Waals surface area (Å²) in [6.45, 7) is 5.05. The normalized spacial score (nSPS) is 18.2. The number of nitrogens with zero attached hydrogens (tertiary/aromatic N) is 3. The first-order valence-electron chi connectivity index (χ1n) is 12.4. The van der Waals surface area contributed by atoms with Crippen molar-refractivity contribution in [3.63, 3.8) is 0 Å². The van der Waals surface area contributed by atoms with Crippen LogP contribution in [-0.2, 0) is 11.8 Å². The molecule has 176 valence electrons. The summed E-state index contributed by atoms with van der Waals surface area (Å²) in [5, 5.41) is 4.87. The van der Waals surface area contributed by atoms with Gasteiger partial charge in [-0.3, -0.25) is 14.5 Å². The molecule has 3 aromatic rings. The first-order chi connectivity index (χ1) is 16.1. The van der Waals surface area contributed by atoms with Crippen LogP contribution in [0.3, 0.4) is 0 Å². The molecule has 0 unspecified atom stereocenters. The van der Waals surface area contributed by atoms with Crippen molar-refractivity contribution in [1.29, 1.82) is 0 Å². The van der Waals surface area contributed by atoms with Gasteiger partial charge in [0.15, 0.2) is 0 Å². The van der Waals surface area contributed by atoms with Crippen molar-refractivity contribution in [3.8, 4) is 0 Å². The van der Waals surface area contributed by atoms with Gasteiger partial charge in [-0.25, -0.2) is 0 Å². The van der Waals surface area contributed by atoms with E-state index in [1.807, 2.05) is 46.6 Å². The van der Waals surface area contributed by atoms with Crippen molar-refractivity contribution in [3.05, 3.63) is 46.4 Å². The fourth-order valence-electron chi connectivity index (χ4n) is 5.53. The molecule has 2 aromatic heterocycles. The molecule has 2 fully saturated rings. The Kier molecular flexibility index (Phi) is 6.51. The van der Waals surface area contributed by atoms with Crippen LogP contribution in [0.2, 0.25) is 0 Å². The van der Waals surface area contributed by atoms with Gasteiger partial charge in [-0.1, -0.05) is 37.5 Å². The van der Waals surface area contributed by atoms with Crippen molar-refractivity contribution in [1.82, 2.24) is 19.4 Å². The van der Waals surface area contributed by atoms with Crippen molar-refractivity contribution in [2.45, 2.75) is 44.6 Å². The van der Waals surface area contributed by atoms with Crippen LogP contribution in [0.15, 0.2) is 35.3 Å². The van der Waals surface area contributed by atoms with E-state index in [4.69, 9.17) is 4.74 Å². The van der Waals surface area contributed by atoms with Gasteiger partial charge in [-0.05, 0) is 31.9 Å². The first kappa shape index (κ1) is 22.2. The number of hydrogen-bond acceptors (Lipinski definition) is 4. The lowest BCUT2D eigenvalue weighted by atomic mass is 9.95. The van der Waals surface area contributed by atoms with E-state index in [9.17, 15) is 9.59 Å². The molecule has 2 aliphatic rings. The third-order valence-electron chi connectivity index (χ3n) is 7.33. The second-order valence-corrected chi connectivity index (χ2v) is 9.41. The van der Waals surface area contributed by atoms with Gasteiger partial charge in [0.25, 0.3) is 11.5 Å². The molecule has 1 aliphatic heterocycles. The molecule has 1 N–H and O–H groups in total. The number of nitrogens with one attached hydrogen (secondary N) is 1. The highest BCUT2D eigenvalue weighted by Crippen LogP contribution is 2.32. The quantitative estimate of drug-likeness (QED) is 0.584. The molecule has 0 bridgehead atoms.